The number of carbonyl (C=O) groups excluding carboxylic acids is 1. The number of nitriles is 1. The van der Waals surface area contributed by atoms with Crippen molar-refractivity contribution < 1.29 is 9.53 Å². The summed E-state index contributed by atoms with van der Waals surface area (Å²) in [6, 6.07) is 9.98. The summed E-state index contributed by atoms with van der Waals surface area (Å²) < 4.78 is 5.57. The molecule has 0 aromatic heterocycles. The quantitative estimate of drug-likeness (QED) is 0.733. The smallest absolute Gasteiger partial charge is 0.234 e. The maximum atomic E-state index is 12.9. The molecule has 3 fully saturated rings. The van der Waals surface area contributed by atoms with Crippen LogP contribution in [0.15, 0.2) is 24.3 Å². The van der Waals surface area contributed by atoms with Crippen molar-refractivity contribution in [2.75, 3.05) is 70.5 Å². The van der Waals surface area contributed by atoms with Crippen LogP contribution in [0.4, 0.5) is 5.69 Å². The maximum absolute atomic E-state index is 12.9. The number of nitrogens with one attached hydrogen (secondary N) is 1. The Hall–Kier alpha value is -2.14. The zero-order chi connectivity index (χ0) is 22.2. The third-order valence-electron chi connectivity index (χ3n) is 7.40. The first-order valence-electron chi connectivity index (χ1n) is 12.3. The van der Waals surface area contributed by atoms with E-state index in [1.165, 1.54) is 32.1 Å². The number of hydrogen-bond donors (Lipinski definition) is 1. The van der Waals surface area contributed by atoms with Gasteiger partial charge in [-0.3, -0.25) is 14.6 Å². The van der Waals surface area contributed by atoms with Crippen molar-refractivity contribution in [3.05, 3.63) is 29.8 Å². The fourth-order valence-electron chi connectivity index (χ4n) is 5.51. The molecule has 4 rings (SSSR count). The van der Waals surface area contributed by atoms with Crippen molar-refractivity contribution >= 4 is 11.6 Å². The van der Waals surface area contributed by atoms with E-state index < -0.39 is 0 Å². The van der Waals surface area contributed by atoms with E-state index >= 15 is 0 Å². The number of hydrogen-bond acceptors (Lipinski definition) is 6. The van der Waals surface area contributed by atoms with Gasteiger partial charge in [0.15, 0.2) is 0 Å². The second-order valence-corrected chi connectivity index (χ2v) is 9.44. The predicted molar refractivity (Wildman–Crippen MR) is 126 cm³/mol. The zero-order valence-electron chi connectivity index (χ0n) is 19.2. The van der Waals surface area contributed by atoms with Crippen molar-refractivity contribution in [2.24, 2.45) is 0 Å². The van der Waals surface area contributed by atoms with Crippen LogP contribution in [0.3, 0.4) is 0 Å². The Morgan fingerprint density at radius 3 is 2.44 bits per heavy atom. The van der Waals surface area contributed by atoms with Crippen molar-refractivity contribution in [3.63, 3.8) is 0 Å². The Kier molecular flexibility index (Phi) is 8.01. The van der Waals surface area contributed by atoms with E-state index in [4.69, 9.17) is 10.00 Å². The molecule has 32 heavy (non-hydrogen) atoms. The van der Waals surface area contributed by atoms with Crippen LogP contribution in [-0.4, -0.2) is 86.8 Å². The van der Waals surface area contributed by atoms with Crippen molar-refractivity contribution in [1.82, 2.24) is 15.1 Å². The number of rotatable bonds is 6. The summed E-state index contributed by atoms with van der Waals surface area (Å²) in [4.78, 5) is 20.1. The summed E-state index contributed by atoms with van der Waals surface area (Å²) in [6.45, 7) is 8.49. The van der Waals surface area contributed by atoms with Gasteiger partial charge in [0.05, 0.1) is 31.4 Å². The molecule has 0 bridgehead atoms. The first-order chi connectivity index (χ1) is 15.7. The van der Waals surface area contributed by atoms with Crippen LogP contribution in [0, 0.1) is 11.3 Å². The normalized spacial score (nSPS) is 22.7. The molecule has 0 radical (unpaired) electrons. The lowest BCUT2D eigenvalue weighted by Gasteiger charge is -2.48. The first kappa shape index (κ1) is 23.0. The van der Waals surface area contributed by atoms with Gasteiger partial charge in [0, 0.05) is 57.0 Å². The van der Waals surface area contributed by atoms with E-state index in [1.54, 1.807) is 0 Å². The molecule has 2 aliphatic heterocycles. The van der Waals surface area contributed by atoms with Gasteiger partial charge in [0.2, 0.25) is 5.91 Å². The fourth-order valence-corrected chi connectivity index (χ4v) is 5.51. The summed E-state index contributed by atoms with van der Waals surface area (Å²) in [5.41, 5.74) is 1.96. The van der Waals surface area contributed by atoms with Crippen LogP contribution >= 0.6 is 0 Å². The lowest BCUT2D eigenvalue weighted by molar-refractivity contribution is -0.123. The lowest BCUT2D eigenvalue weighted by Crippen LogP contribution is -2.60. The van der Waals surface area contributed by atoms with E-state index in [0.717, 1.165) is 71.1 Å². The van der Waals surface area contributed by atoms with E-state index in [9.17, 15) is 4.79 Å². The highest BCUT2D eigenvalue weighted by Crippen LogP contribution is 2.33. The molecule has 3 aliphatic rings. The Bertz CT molecular complexity index is 779. The van der Waals surface area contributed by atoms with E-state index in [0.29, 0.717) is 12.1 Å². The third kappa shape index (κ3) is 5.80. The van der Waals surface area contributed by atoms with Crippen molar-refractivity contribution in [3.8, 4) is 6.07 Å². The molecule has 7 heteroatoms. The molecule has 2 saturated heterocycles. The molecule has 174 valence electrons. The SMILES string of the molecule is N#Cc1ccc(N2CCCN(CC(=O)NCC3(N4CCOCC4)CCCCC3)CC2)cc1. The Morgan fingerprint density at radius 2 is 1.72 bits per heavy atom. The number of anilines is 1. The standard InChI is InChI=1S/C25H37N5O2/c26-19-22-5-7-23(8-6-22)29-12-4-11-28(13-14-29)20-24(31)27-21-25(9-2-1-3-10-25)30-15-17-32-18-16-30/h5-8H,1-4,9-18,20-21H2,(H,27,31). The van der Waals surface area contributed by atoms with Crippen LogP contribution in [0.1, 0.15) is 44.1 Å². The molecule has 1 aromatic rings. The second kappa shape index (κ2) is 11.1. The van der Waals surface area contributed by atoms with Gasteiger partial charge in [0.1, 0.15) is 0 Å². The van der Waals surface area contributed by atoms with Crippen LogP contribution in [0.2, 0.25) is 0 Å². The van der Waals surface area contributed by atoms with Crippen molar-refractivity contribution in [1.29, 1.82) is 5.26 Å². The molecular weight excluding hydrogens is 402 g/mol. The van der Waals surface area contributed by atoms with E-state index in [-0.39, 0.29) is 11.4 Å². The largest absolute Gasteiger partial charge is 0.379 e. The molecule has 1 saturated carbocycles. The van der Waals surface area contributed by atoms with Crippen LogP contribution in [0.5, 0.6) is 0 Å². The molecule has 2 heterocycles. The zero-order valence-corrected chi connectivity index (χ0v) is 19.2. The number of benzene rings is 1. The van der Waals surface area contributed by atoms with Gasteiger partial charge in [-0.05, 0) is 43.5 Å². The van der Waals surface area contributed by atoms with Crippen LogP contribution in [-0.2, 0) is 9.53 Å². The highest BCUT2D eigenvalue weighted by atomic mass is 16.5. The predicted octanol–water partition coefficient (Wildman–Crippen LogP) is 2.22. The Labute approximate surface area is 192 Å². The van der Waals surface area contributed by atoms with Gasteiger partial charge in [-0.15, -0.1) is 0 Å². The van der Waals surface area contributed by atoms with Gasteiger partial charge in [-0.25, -0.2) is 0 Å². The number of morpholine rings is 1. The van der Waals surface area contributed by atoms with E-state index in [2.05, 4.69) is 26.1 Å². The van der Waals surface area contributed by atoms with Gasteiger partial charge >= 0.3 is 0 Å². The third-order valence-corrected chi connectivity index (χ3v) is 7.40. The van der Waals surface area contributed by atoms with Crippen molar-refractivity contribution in [2.45, 2.75) is 44.1 Å². The highest BCUT2D eigenvalue weighted by Gasteiger charge is 2.38. The topological polar surface area (TPSA) is 71.8 Å². The van der Waals surface area contributed by atoms with Crippen LogP contribution < -0.4 is 10.2 Å². The second-order valence-electron chi connectivity index (χ2n) is 9.44. The molecule has 0 unspecified atom stereocenters. The maximum Gasteiger partial charge on any atom is 0.234 e. The summed E-state index contributed by atoms with van der Waals surface area (Å²) >= 11 is 0. The summed E-state index contributed by atoms with van der Waals surface area (Å²) in [5.74, 6) is 0.148. The Morgan fingerprint density at radius 1 is 0.969 bits per heavy atom. The lowest BCUT2D eigenvalue weighted by atomic mass is 9.79. The molecule has 0 spiro atoms. The molecule has 1 amide bonds. The minimum Gasteiger partial charge on any atom is -0.379 e. The molecule has 1 aromatic carbocycles. The fraction of sp³-hybridized carbons (Fsp3) is 0.680. The Balaban J connectivity index is 1.27. The number of carbonyl (C=O) groups is 1. The molecule has 1 N–H and O–H groups in total. The number of amides is 1. The number of nitrogens with zero attached hydrogens (tertiary/aromatic N) is 4. The van der Waals surface area contributed by atoms with Gasteiger partial charge in [-0.2, -0.15) is 5.26 Å². The van der Waals surface area contributed by atoms with Gasteiger partial charge in [-0.1, -0.05) is 19.3 Å². The average molecular weight is 440 g/mol. The minimum atomic E-state index is 0.114. The molecule has 0 atom stereocenters. The summed E-state index contributed by atoms with van der Waals surface area (Å²) in [7, 11) is 0. The monoisotopic (exact) mass is 439 g/mol. The average Bonchev–Trinajstić information content (AvgIpc) is 3.09. The van der Waals surface area contributed by atoms with Crippen LogP contribution in [0.25, 0.3) is 0 Å². The minimum absolute atomic E-state index is 0.114. The van der Waals surface area contributed by atoms with Gasteiger partial charge < -0.3 is 15.0 Å². The first-order valence-corrected chi connectivity index (χ1v) is 12.3. The summed E-state index contributed by atoms with van der Waals surface area (Å²) in [6.07, 6.45) is 7.21. The molecule has 1 aliphatic carbocycles. The number of ether oxygens (including phenoxy) is 1. The molecular formula is C25H37N5O2. The molecule has 7 nitrogen and oxygen atoms in total. The van der Waals surface area contributed by atoms with Gasteiger partial charge in [0.25, 0.3) is 0 Å². The summed E-state index contributed by atoms with van der Waals surface area (Å²) in [5, 5.41) is 12.3. The van der Waals surface area contributed by atoms with E-state index in [1.807, 2.05) is 24.3 Å². The highest BCUT2D eigenvalue weighted by molar-refractivity contribution is 5.78.